The van der Waals surface area contributed by atoms with E-state index >= 15 is 0 Å². The van der Waals surface area contributed by atoms with Gasteiger partial charge in [0.25, 0.3) is 0 Å². The number of rotatable bonds is 4. The summed E-state index contributed by atoms with van der Waals surface area (Å²) in [6.07, 6.45) is 1.07. The smallest absolute Gasteiger partial charge is 0.172 e. The zero-order valence-electron chi connectivity index (χ0n) is 14.4. The second kappa shape index (κ2) is 5.67. The highest BCUT2D eigenvalue weighted by Crippen LogP contribution is 2.40. The van der Waals surface area contributed by atoms with Crippen molar-refractivity contribution in [3.63, 3.8) is 0 Å². The number of nitrogen functional groups attached to an aromatic ring is 1. The van der Waals surface area contributed by atoms with Gasteiger partial charge in [0.2, 0.25) is 0 Å². The van der Waals surface area contributed by atoms with E-state index in [4.69, 9.17) is 15.0 Å². The molecule has 1 aromatic carbocycles. The predicted molar refractivity (Wildman–Crippen MR) is 90.0 cm³/mol. The number of hydrogen-bond acceptors (Lipinski definition) is 4. The van der Waals surface area contributed by atoms with Gasteiger partial charge >= 0.3 is 0 Å². The van der Waals surface area contributed by atoms with E-state index in [0.717, 1.165) is 17.7 Å². The van der Waals surface area contributed by atoms with Crippen molar-refractivity contribution in [1.29, 1.82) is 0 Å². The number of nitrogens with two attached hydrogens (primary N) is 1. The summed E-state index contributed by atoms with van der Waals surface area (Å²) in [4.78, 5) is 0. The second-order valence-electron chi connectivity index (χ2n) is 7.65. The van der Waals surface area contributed by atoms with Gasteiger partial charge < -0.3 is 15.0 Å². The molecule has 2 rings (SSSR count). The van der Waals surface area contributed by atoms with Crippen molar-refractivity contribution in [2.24, 2.45) is 5.41 Å². The van der Waals surface area contributed by atoms with Crippen molar-refractivity contribution >= 4 is 5.82 Å². The Hall–Kier alpha value is -1.97. The van der Waals surface area contributed by atoms with Crippen LogP contribution in [-0.2, 0) is 5.41 Å². The summed E-state index contributed by atoms with van der Waals surface area (Å²) in [6, 6.07) is 7.94. The highest BCUT2D eigenvalue weighted by atomic mass is 16.5. The van der Waals surface area contributed by atoms with Crippen molar-refractivity contribution < 1.29 is 9.26 Å². The lowest BCUT2D eigenvalue weighted by molar-refractivity contribution is 0.284. The van der Waals surface area contributed by atoms with Crippen molar-refractivity contribution in [1.82, 2.24) is 5.16 Å². The largest absolute Gasteiger partial charge is 0.496 e. The van der Waals surface area contributed by atoms with E-state index in [1.807, 2.05) is 6.07 Å². The maximum absolute atomic E-state index is 5.67. The Morgan fingerprint density at radius 2 is 1.82 bits per heavy atom. The lowest BCUT2D eigenvalue weighted by atomic mass is 9.72. The fourth-order valence-corrected chi connectivity index (χ4v) is 3.17. The van der Waals surface area contributed by atoms with E-state index in [1.165, 1.54) is 5.56 Å². The summed E-state index contributed by atoms with van der Waals surface area (Å²) < 4.78 is 10.8. The molecule has 0 aliphatic heterocycles. The Balaban J connectivity index is 2.47. The van der Waals surface area contributed by atoms with Crippen LogP contribution in [0, 0.1) is 5.41 Å². The second-order valence-corrected chi connectivity index (χ2v) is 7.65. The first kappa shape index (κ1) is 16.4. The van der Waals surface area contributed by atoms with Crippen LogP contribution >= 0.6 is 0 Å². The lowest BCUT2D eigenvalue weighted by Gasteiger charge is -2.33. The van der Waals surface area contributed by atoms with Gasteiger partial charge in [-0.1, -0.05) is 45.8 Å². The first-order valence-electron chi connectivity index (χ1n) is 7.53. The highest BCUT2D eigenvalue weighted by molar-refractivity contribution is 5.68. The van der Waals surface area contributed by atoms with Crippen molar-refractivity contribution in [3.05, 3.63) is 29.8 Å². The third kappa shape index (κ3) is 3.62. The quantitative estimate of drug-likeness (QED) is 0.893. The molecule has 0 aliphatic rings. The summed E-state index contributed by atoms with van der Waals surface area (Å²) in [5.74, 6) is 1.76. The van der Waals surface area contributed by atoms with Gasteiger partial charge in [-0.2, -0.15) is 0 Å². The molecule has 0 radical (unpaired) electrons. The molecular weight excluding hydrogens is 276 g/mol. The van der Waals surface area contributed by atoms with Gasteiger partial charge in [-0.15, -0.1) is 0 Å². The molecule has 2 N–H and O–H groups in total. The molecule has 120 valence electrons. The monoisotopic (exact) mass is 302 g/mol. The Kier molecular flexibility index (Phi) is 4.23. The lowest BCUT2D eigenvalue weighted by Crippen LogP contribution is -2.24. The number of ether oxygens (including phenoxy) is 1. The number of methoxy groups -OCH3 is 1. The molecular formula is C18H26N2O2. The van der Waals surface area contributed by atoms with Crippen LogP contribution in [0.25, 0.3) is 11.3 Å². The maximum Gasteiger partial charge on any atom is 0.172 e. The predicted octanol–water partition coefficient (Wildman–Crippen LogP) is 4.65. The molecule has 0 atom stereocenters. The third-order valence-electron chi connectivity index (χ3n) is 3.75. The molecule has 1 aromatic heterocycles. The van der Waals surface area contributed by atoms with E-state index in [0.29, 0.717) is 11.6 Å². The maximum atomic E-state index is 5.67. The van der Waals surface area contributed by atoms with Crippen LogP contribution in [0.15, 0.2) is 28.8 Å². The van der Waals surface area contributed by atoms with Gasteiger partial charge in [-0.3, -0.25) is 0 Å². The van der Waals surface area contributed by atoms with Gasteiger partial charge in [-0.25, -0.2) is 0 Å². The van der Waals surface area contributed by atoms with Crippen LogP contribution in [0.2, 0.25) is 0 Å². The summed E-state index contributed by atoms with van der Waals surface area (Å²) in [6.45, 7) is 11.3. The minimum Gasteiger partial charge on any atom is -0.496 e. The molecule has 2 aromatic rings. The average Bonchev–Trinajstić information content (AvgIpc) is 2.81. The van der Waals surface area contributed by atoms with Crippen LogP contribution in [0.3, 0.4) is 0 Å². The molecule has 0 saturated carbocycles. The summed E-state index contributed by atoms with van der Waals surface area (Å²) in [5.41, 5.74) is 8.09. The molecule has 0 saturated heterocycles. The van der Waals surface area contributed by atoms with E-state index in [2.05, 4.69) is 51.9 Å². The molecule has 22 heavy (non-hydrogen) atoms. The minimum atomic E-state index is 0.0465. The molecule has 0 aliphatic carbocycles. The van der Waals surface area contributed by atoms with Crippen molar-refractivity contribution in [3.8, 4) is 17.1 Å². The summed E-state index contributed by atoms with van der Waals surface area (Å²) in [7, 11) is 1.65. The number of hydrogen-bond donors (Lipinski definition) is 1. The number of anilines is 1. The van der Waals surface area contributed by atoms with Crippen LogP contribution in [0.4, 0.5) is 5.82 Å². The molecule has 0 fully saturated rings. The average molecular weight is 302 g/mol. The number of aromatic nitrogens is 1. The molecule has 0 bridgehead atoms. The molecule has 1 heterocycles. The SMILES string of the molecule is COc1ccc(C(C)(C)CC(C)(C)C)cc1-c1cc(N)no1. The first-order chi connectivity index (χ1) is 10.1. The van der Waals surface area contributed by atoms with Gasteiger partial charge in [0.05, 0.1) is 12.7 Å². The fraction of sp³-hybridized carbons (Fsp3) is 0.500. The van der Waals surface area contributed by atoms with E-state index in [-0.39, 0.29) is 10.8 Å². The number of nitrogens with zero attached hydrogens (tertiary/aromatic N) is 1. The summed E-state index contributed by atoms with van der Waals surface area (Å²) in [5, 5.41) is 3.77. The van der Waals surface area contributed by atoms with Gasteiger partial charge in [-0.05, 0) is 34.9 Å². The van der Waals surface area contributed by atoms with Crippen LogP contribution in [0.1, 0.15) is 46.6 Å². The van der Waals surface area contributed by atoms with E-state index < -0.39 is 0 Å². The Morgan fingerprint density at radius 1 is 1.14 bits per heavy atom. The molecule has 0 amide bonds. The fourth-order valence-electron chi connectivity index (χ4n) is 3.17. The molecule has 4 nitrogen and oxygen atoms in total. The minimum absolute atomic E-state index is 0.0465. The van der Waals surface area contributed by atoms with Crippen molar-refractivity contribution in [2.45, 2.75) is 46.5 Å². The number of benzene rings is 1. The Morgan fingerprint density at radius 3 is 2.32 bits per heavy atom. The highest BCUT2D eigenvalue weighted by Gasteiger charge is 2.28. The van der Waals surface area contributed by atoms with Crippen LogP contribution in [-0.4, -0.2) is 12.3 Å². The third-order valence-corrected chi connectivity index (χ3v) is 3.75. The van der Waals surface area contributed by atoms with E-state index in [1.54, 1.807) is 13.2 Å². The zero-order chi connectivity index (χ0) is 16.5. The zero-order valence-corrected chi connectivity index (χ0v) is 14.4. The normalized spacial score (nSPS) is 12.5. The van der Waals surface area contributed by atoms with Crippen LogP contribution < -0.4 is 10.5 Å². The molecule has 0 unspecified atom stereocenters. The van der Waals surface area contributed by atoms with Gasteiger partial charge in [0.1, 0.15) is 5.75 Å². The van der Waals surface area contributed by atoms with Gasteiger partial charge in [0.15, 0.2) is 11.6 Å². The topological polar surface area (TPSA) is 61.3 Å². The molecule has 0 spiro atoms. The molecule has 4 heteroatoms. The van der Waals surface area contributed by atoms with Crippen LogP contribution in [0.5, 0.6) is 5.75 Å². The first-order valence-corrected chi connectivity index (χ1v) is 7.53. The Bertz CT molecular complexity index is 651. The van der Waals surface area contributed by atoms with Gasteiger partial charge in [0, 0.05) is 6.07 Å². The standard InChI is InChI=1S/C18H26N2O2/c1-17(2,3)11-18(4,5)12-7-8-14(21-6)13(9-12)15-10-16(19)20-22-15/h7-10H,11H2,1-6H3,(H2,19,20). The summed E-state index contributed by atoms with van der Waals surface area (Å²) >= 11 is 0. The van der Waals surface area contributed by atoms with Crippen molar-refractivity contribution in [2.75, 3.05) is 12.8 Å². The van der Waals surface area contributed by atoms with E-state index in [9.17, 15) is 0 Å². The Labute approximate surface area is 132 Å².